The van der Waals surface area contributed by atoms with E-state index in [0.29, 0.717) is 33.0 Å². The first-order valence-corrected chi connectivity index (χ1v) is 10.4. The van der Waals surface area contributed by atoms with Gasteiger partial charge in [0.05, 0.1) is 26.4 Å². The predicted octanol–water partition coefficient (Wildman–Crippen LogP) is 1.73. The minimum absolute atomic E-state index is 0. The Bertz CT molecular complexity index is 586. The number of methoxy groups -OCH3 is 1. The molecule has 0 spiro atoms. The van der Waals surface area contributed by atoms with Crippen molar-refractivity contribution < 1.29 is 18.9 Å². The number of nitrogens with one attached hydrogen (secondary N) is 2. The Hall–Kier alpha value is -1.14. The van der Waals surface area contributed by atoms with Gasteiger partial charge < -0.3 is 29.6 Å². The van der Waals surface area contributed by atoms with Crippen LogP contribution in [0.15, 0.2) is 29.3 Å². The Kier molecular flexibility index (Phi) is 15.7. The van der Waals surface area contributed by atoms with Gasteiger partial charge in [-0.15, -0.1) is 24.0 Å². The molecule has 0 aromatic heterocycles. The lowest BCUT2D eigenvalue weighted by Gasteiger charge is -2.26. The fourth-order valence-corrected chi connectivity index (χ4v) is 2.93. The van der Waals surface area contributed by atoms with Crippen molar-refractivity contribution in [2.24, 2.45) is 4.99 Å². The van der Waals surface area contributed by atoms with Gasteiger partial charge in [0, 0.05) is 59.1 Å². The molecule has 0 bridgehead atoms. The zero-order valence-corrected chi connectivity index (χ0v) is 20.6. The fourth-order valence-electron chi connectivity index (χ4n) is 2.93. The van der Waals surface area contributed by atoms with Crippen LogP contribution >= 0.6 is 24.0 Å². The molecule has 0 radical (unpaired) electrons. The number of halogens is 1. The summed E-state index contributed by atoms with van der Waals surface area (Å²) in [5.74, 6) is 1.68. The molecule has 9 heteroatoms. The first kappa shape index (κ1) is 26.9. The van der Waals surface area contributed by atoms with Crippen LogP contribution in [0.4, 0.5) is 0 Å². The average molecular weight is 536 g/mol. The quantitative estimate of drug-likeness (QED) is 0.172. The minimum atomic E-state index is 0. The van der Waals surface area contributed by atoms with E-state index in [2.05, 4.69) is 26.6 Å². The second-order valence-corrected chi connectivity index (χ2v) is 6.72. The van der Waals surface area contributed by atoms with Crippen molar-refractivity contribution in [3.63, 3.8) is 0 Å². The Balaban J connectivity index is 0.00000450. The van der Waals surface area contributed by atoms with Crippen molar-refractivity contribution in [2.45, 2.75) is 13.0 Å². The lowest BCUT2D eigenvalue weighted by Crippen LogP contribution is -2.39. The standard InChI is InChI=1S/C21H36N4O4.HI/c1-22-21(23-8-5-12-27-17-16-26-2)24-18-19-6-3-4-7-20(19)29-15-11-25-9-13-28-14-10-25;/h3-4,6-7H,5,8-18H2,1-2H3,(H2,22,23,24);1H. The molecule has 2 rings (SSSR count). The minimum Gasteiger partial charge on any atom is -0.492 e. The number of hydrogen-bond acceptors (Lipinski definition) is 6. The normalized spacial score (nSPS) is 14.8. The zero-order valence-electron chi connectivity index (χ0n) is 18.2. The molecule has 0 saturated carbocycles. The van der Waals surface area contributed by atoms with Crippen LogP contribution in [0, 0.1) is 0 Å². The molecule has 1 aromatic rings. The zero-order chi connectivity index (χ0) is 20.6. The Morgan fingerprint density at radius 1 is 1.10 bits per heavy atom. The van der Waals surface area contributed by atoms with Gasteiger partial charge in [-0.25, -0.2) is 0 Å². The van der Waals surface area contributed by atoms with E-state index >= 15 is 0 Å². The molecule has 172 valence electrons. The smallest absolute Gasteiger partial charge is 0.191 e. The largest absolute Gasteiger partial charge is 0.492 e. The first-order valence-electron chi connectivity index (χ1n) is 10.4. The molecule has 1 heterocycles. The van der Waals surface area contributed by atoms with E-state index in [9.17, 15) is 0 Å². The summed E-state index contributed by atoms with van der Waals surface area (Å²) < 4.78 is 21.8. The number of ether oxygens (including phenoxy) is 4. The molecule has 1 fully saturated rings. The van der Waals surface area contributed by atoms with Crippen LogP contribution in [0.3, 0.4) is 0 Å². The second-order valence-electron chi connectivity index (χ2n) is 6.72. The van der Waals surface area contributed by atoms with Gasteiger partial charge >= 0.3 is 0 Å². The summed E-state index contributed by atoms with van der Waals surface area (Å²) in [6, 6.07) is 8.13. The van der Waals surface area contributed by atoms with Crippen LogP contribution in [0.5, 0.6) is 5.75 Å². The van der Waals surface area contributed by atoms with Crippen LogP contribution in [0.1, 0.15) is 12.0 Å². The van der Waals surface area contributed by atoms with Crippen molar-refractivity contribution >= 4 is 29.9 Å². The number of benzene rings is 1. The topological polar surface area (TPSA) is 76.6 Å². The van der Waals surface area contributed by atoms with Gasteiger partial charge in [-0.2, -0.15) is 0 Å². The summed E-state index contributed by atoms with van der Waals surface area (Å²) in [6.07, 6.45) is 0.908. The molecule has 1 aliphatic rings. The number of hydrogen-bond donors (Lipinski definition) is 2. The van der Waals surface area contributed by atoms with Crippen LogP contribution in [0.2, 0.25) is 0 Å². The fraction of sp³-hybridized carbons (Fsp3) is 0.667. The number of para-hydroxylation sites is 1. The lowest BCUT2D eigenvalue weighted by atomic mass is 10.2. The molecule has 1 aliphatic heterocycles. The highest BCUT2D eigenvalue weighted by atomic mass is 127. The van der Waals surface area contributed by atoms with E-state index < -0.39 is 0 Å². The Morgan fingerprint density at radius 3 is 2.67 bits per heavy atom. The van der Waals surface area contributed by atoms with E-state index in [1.807, 2.05) is 18.2 Å². The van der Waals surface area contributed by atoms with E-state index in [4.69, 9.17) is 18.9 Å². The molecule has 0 atom stereocenters. The highest BCUT2D eigenvalue weighted by Gasteiger charge is 2.10. The van der Waals surface area contributed by atoms with Gasteiger partial charge in [0.2, 0.25) is 0 Å². The van der Waals surface area contributed by atoms with E-state index in [-0.39, 0.29) is 24.0 Å². The summed E-state index contributed by atoms with van der Waals surface area (Å²) in [7, 11) is 3.45. The first-order chi connectivity index (χ1) is 14.3. The van der Waals surface area contributed by atoms with Gasteiger partial charge in [0.25, 0.3) is 0 Å². The summed E-state index contributed by atoms with van der Waals surface area (Å²) in [6.45, 7) is 8.58. The van der Waals surface area contributed by atoms with Gasteiger partial charge in [-0.05, 0) is 12.5 Å². The third-order valence-electron chi connectivity index (χ3n) is 4.60. The molecule has 0 unspecified atom stereocenters. The second kappa shape index (κ2) is 17.5. The maximum Gasteiger partial charge on any atom is 0.191 e. The summed E-state index contributed by atoms with van der Waals surface area (Å²) in [5, 5.41) is 6.65. The van der Waals surface area contributed by atoms with E-state index in [1.54, 1.807) is 14.2 Å². The van der Waals surface area contributed by atoms with Crippen molar-refractivity contribution in [3.05, 3.63) is 29.8 Å². The van der Waals surface area contributed by atoms with E-state index in [1.165, 1.54) is 0 Å². The number of morpholine rings is 1. The third kappa shape index (κ3) is 11.3. The highest BCUT2D eigenvalue weighted by molar-refractivity contribution is 14.0. The van der Waals surface area contributed by atoms with Gasteiger partial charge in [-0.3, -0.25) is 9.89 Å². The van der Waals surface area contributed by atoms with Gasteiger partial charge in [0.15, 0.2) is 5.96 Å². The lowest BCUT2D eigenvalue weighted by molar-refractivity contribution is 0.0322. The molecular weight excluding hydrogens is 499 g/mol. The number of guanidine groups is 1. The van der Waals surface area contributed by atoms with Crippen LogP contribution in [-0.2, 0) is 20.8 Å². The van der Waals surface area contributed by atoms with Gasteiger partial charge in [0.1, 0.15) is 12.4 Å². The molecule has 1 aromatic carbocycles. The third-order valence-corrected chi connectivity index (χ3v) is 4.60. The monoisotopic (exact) mass is 536 g/mol. The molecule has 0 aliphatic carbocycles. The highest BCUT2D eigenvalue weighted by Crippen LogP contribution is 2.17. The summed E-state index contributed by atoms with van der Waals surface area (Å²) in [4.78, 5) is 6.65. The van der Waals surface area contributed by atoms with Crippen molar-refractivity contribution in [2.75, 3.05) is 80.0 Å². The van der Waals surface area contributed by atoms with Gasteiger partial charge in [-0.1, -0.05) is 18.2 Å². The number of aliphatic imine (C=N–C) groups is 1. The molecule has 2 N–H and O–H groups in total. The van der Waals surface area contributed by atoms with Crippen molar-refractivity contribution in [1.29, 1.82) is 0 Å². The Labute approximate surface area is 197 Å². The molecule has 8 nitrogen and oxygen atoms in total. The number of nitrogens with zero attached hydrogens (tertiary/aromatic N) is 2. The van der Waals surface area contributed by atoms with E-state index in [0.717, 1.165) is 63.1 Å². The maximum atomic E-state index is 6.04. The van der Waals surface area contributed by atoms with Crippen molar-refractivity contribution in [3.8, 4) is 5.75 Å². The van der Waals surface area contributed by atoms with Crippen molar-refractivity contribution in [1.82, 2.24) is 15.5 Å². The predicted molar refractivity (Wildman–Crippen MR) is 130 cm³/mol. The molecular formula is C21H37IN4O4. The molecule has 30 heavy (non-hydrogen) atoms. The number of rotatable bonds is 13. The summed E-state index contributed by atoms with van der Waals surface area (Å²) >= 11 is 0. The Morgan fingerprint density at radius 2 is 1.90 bits per heavy atom. The molecule has 0 amide bonds. The molecule has 1 saturated heterocycles. The average Bonchev–Trinajstić information content (AvgIpc) is 2.77. The maximum absolute atomic E-state index is 6.04. The van der Waals surface area contributed by atoms with Crippen LogP contribution in [-0.4, -0.2) is 90.8 Å². The SMILES string of the molecule is CN=C(NCCCOCCOC)NCc1ccccc1OCCN1CCOCC1.I. The van der Waals surface area contributed by atoms with Crippen LogP contribution < -0.4 is 15.4 Å². The van der Waals surface area contributed by atoms with Crippen LogP contribution in [0.25, 0.3) is 0 Å². The summed E-state index contributed by atoms with van der Waals surface area (Å²) in [5.41, 5.74) is 1.11.